The molecule has 0 aliphatic rings. The minimum absolute atomic E-state index is 0.0376. The molecule has 10 heteroatoms. The highest BCUT2D eigenvalue weighted by atomic mass is 35.5. The van der Waals surface area contributed by atoms with E-state index in [1.165, 1.54) is 19.2 Å². The van der Waals surface area contributed by atoms with Crippen LogP contribution in [0.3, 0.4) is 0 Å². The number of methoxy groups -OCH3 is 1. The van der Waals surface area contributed by atoms with E-state index in [9.17, 15) is 18.0 Å². The summed E-state index contributed by atoms with van der Waals surface area (Å²) in [6.45, 7) is 4.52. The van der Waals surface area contributed by atoms with Crippen LogP contribution in [-0.2, 0) is 19.6 Å². The van der Waals surface area contributed by atoms with E-state index in [-0.39, 0.29) is 16.2 Å². The van der Waals surface area contributed by atoms with Crippen LogP contribution in [0.15, 0.2) is 47.4 Å². The summed E-state index contributed by atoms with van der Waals surface area (Å²) < 4.78 is 38.0. The van der Waals surface area contributed by atoms with Gasteiger partial charge in [0.2, 0.25) is 10.0 Å². The predicted molar refractivity (Wildman–Crippen MR) is 113 cm³/mol. The third-order valence-electron chi connectivity index (χ3n) is 3.59. The van der Waals surface area contributed by atoms with Gasteiger partial charge in [0.25, 0.3) is 5.91 Å². The summed E-state index contributed by atoms with van der Waals surface area (Å²) in [7, 11) is -2.64. The number of carbonyl (C=O) groups excluding carboxylic acids is 2. The highest BCUT2D eigenvalue weighted by Crippen LogP contribution is 2.26. The fraction of sp³-hybridized carbons (Fsp3) is 0.300. The van der Waals surface area contributed by atoms with Crippen molar-refractivity contribution in [1.82, 2.24) is 4.72 Å². The van der Waals surface area contributed by atoms with Crippen LogP contribution in [0.1, 0.15) is 31.1 Å². The first kappa shape index (κ1) is 23.7. The summed E-state index contributed by atoms with van der Waals surface area (Å²) in [5, 5.41) is 3.07. The Kier molecular flexibility index (Phi) is 7.46. The summed E-state index contributed by atoms with van der Waals surface area (Å²) in [4.78, 5) is 24.1. The van der Waals surface area contributed by atoms with Crippen molar-refractivity contribution in [3.05, 3.63) is 53.1 Å². The molecule has 0 fully saturated rings. The predicted octanol–water partition coefficient (Wildman–Crippen LogP) is 3.22. The number of hydrogen-bond acceptors (Lipinski definition) is 6. The van der Waals surface area contributed by atoms with Crippen molar-refractivity contribution >= 4 is 39.2 Å². The minimum atomic E-state index is -3.97. The van der Waals surface area contributed by atoms with Crippen LogP contribution in [0.25, 0.3) is 0 Å². The molecule has 0 aliphatic heterocycles. The molecule has 0 saturated carbocycles. The number of esters is 1. The number of anilines is 1. The van der Waals surface area contributed by atoms with E-state index in [1.807, 2.05) is 0 Å². The van der Waals surface area contributed by atoms with Crippen molar-refractivity contribution in [2.24, 2.45) is 0 Å². The van der Waals surface area contributed by atoms with E-state index in [0.29, 0.717) is 10.7 Å². The molecular weight excluding hydrogens is 432 g/mol. The van der Waals surface area contributed by atoms with Crippen molar-refractivity contribution in [2.75, 3.05) is 19.0 Å². The molecule has 2 rings (SSSR count). The number of carbonyl (C=O) groups is 2. The summed E-state index contributed by atoms with van der Waals surface area (Å²) >= 11 is 5.78. The molecule has 2 aromatic rings. The Bertz CT molecular complexity index is 1030. The maximum atomic E-state index is 12.7. The molecule has 1 amide bonds. The molecule has 0 heterocycles. The molecule has 0 aromatic heterocycles. The topological polar surface area (TPSA) is 111 Å². The van der Waals surface area contributed by atoms with Gasteiger partial charge < -0.3 is 14.8 Å². The lowest BCUT2D eigenvalue weighted by molar-refractivity contribution is -0.119. The van der Waals surface area contributed by atoms with Gasteiger partial charge in [0.05, 0.1) is 12.7 Å². The van der Waals surface area contributed by atoms with Crippen LogP contribution in [-0.4, -0.2) is 39.5 Å². The van der Waals surface area contributed by atoms with Crippen molar-refractivity contribution < 1.29 is 27.5 Å². The number of benzene rings is 2. The zero-order valence-electron chi connectivity index (χ0n) is 17.0. The maximum absolute atomic E-state index is 12.7. The first-order valence-electron chi connectivity index (χ1n) is 8.86. The van der Waals surface area contributed by atoms with Crippen LogP contribution in [0, 0.1) is 0 Å². The average molecular weight is 455 g/mol. The third kappa shape index (κ3) is 6.72. The van der Waals surface area contributed by atoms with Gasteiger partial charge in [-0.1, -0.05) is 11.6 Å². The van der Waals surface area contributed by atoms with E-state index in [1.54, 1.807) is 45.0 Å². The minimum Gasteiger partial charge on any atom is -0.495 e. The second kappa shape index (κ2) is 9.46. The fourth-order valence-electron chi connectivity index (χ4n) is 2.42. The molecule has 8 nitrogen and oxygen atoms in total. The maximum Gasteiger partial charge on any atom is 0.338 e. The van der Waals surface area contributed by atoms with Gasteiger partial charge in [-0.25, -0.2) is 17.9 Å². The Balaban J connectivity index is 2.12. The molecule has 0 aliphatic carbocycles. The fourth-order valence-corrected chi connectivity index (χ4v) is 4.16. The second-order valence-corrected chi connectivity index (χ2v) is 9.44. The zero-order valence-corrected chi connectivity index (χ0v) is 18.6. The SMILES string of the molecule is COc1ccc(C(=O)OCC(=O)Nc2ccc(Cl)cc2)cc1S(=O)(=O)NC(C)(C)C. The summed E-state index contributed by atoms with van der Waals surface area (Å²) in [6.07, 6.45) is 0. The average Bonchev–Trinajstić information content (AvgIpc) is 2.65. The van der Waals surface area contributed by atoms with Gasteiger partial charge in [0, 0.05) is 16.2 Å². The second-order valence-electron chi connectivity index (χ2n) is 7.35. The number of rotatable bonds is 7. The Morgan fingerprint density at radius 1 is 1.07 bits per heavy atom. The first-order chi connectivity index (χ1) is 13.9. The number of sulfonamides is 1. The highest BCUT2D eigenvalue weighted by Gasteiger charge is 2.26. The monoisotopic (exact) mass is 454 g/mol. The van der Waals surface area contributed by atoms with Gasteiger partial charge in [-0.2, -0.15) is 0 Å². The molecule has 0 spiro atoms. The van der Waals surface area contributed by atoms with Gasteiger partial charge in [-0.3, -0.25) is 4.79 Å². The van der Waals surface area contributed by atoms with Gasteiger partial charge >= 0.3 is 5.97 Å². The van der Waals surface area contributed by atoms with Crippen molar-refractivity contribution in [2.45, 2.75) is 31.2 Å². The molecular formula is C20H23ClN2O6S. The smallest absolute Gasteiger partial charge is 0.338 e. The van der Waals surface area contributed by atoms with Gasteiger partial charge in [0.15, 0.2) is 6.61 Å². The number of nitrogens with one attached hydrogen (secondary N) is 2. The molecule has 162 valence electrons. The third-order valence-corrected chi connectivity index (χ3v) is 5.62. The molecule has 0 bridgehead atoms. The van der Waals surface area contributed by atoms with E-state index in [0.717, 1.165) is 6.07 Å². The molecule has 0 atom stereocenters. The number of ether oxygens (including phenoxy) is 2. The Hall–Kier alpha value is -2.62. The van der Waals surface area contributed by atoms with Gasteiger partial charge in [-0.15, -0.1) is 0 Å². The molecule has 0 radical (unpaired) electrons. The molecule has 0 saturated heterocycles. The molecule has 2 N–H and O–H groups in total. The van der Waals surface area contributed by atoms with Crippen molar-refractivity contribution in [1.29, 1.82) is 0 Å². The standard InChI is InChI=1S/C20H23ClN2O6S/c1-20(2,3)23-30(26,27)17-11-13(5-10-16(17)28-4)19(25)29-12-18(24)22-15-8-6-14(21)7-9-15/h5-11,23H,12H2,1-4H3,(H,22,24). The Labute approximate surface area is 180 Å². The normalized spacial score (nSPS) is 11.6. The summed E-state index contributed by atoms with van der Waals surface area (Å²) in [5.74, 6) is -1.33. The van der Waals surface area contributed by atoms with E-state index in [2.05, 4.69) is 10.0 Å². The van der Waals surface area contributed by atoms with Crippen molar-refractivity contribution in [3.63, 3.8) is 0 Å². The van der Waals surface area contributed by atoms with Crippen LogP contribution in [0.5, 0.6) is 5.75 Å². The Morgan fingerprint density at radius 3 is 2.27 bits per heavy atom. The van der Waals surface area contributed by atoms with Gasteiger partial charge in [0.1, 0.15) is 10.6 Å². The van der Waals surface area contributed by atoms with Crippen molar-refractivity contribution in [3.8, 4) is 5.75 Å². The zero-order chi connectivity index (χ0) is 22.5. The first-order valence-corrected chi connectivity index (χ1v) is 10.7. The summed E-state index contributed by atoms with van der Waals surface area (Å²) in [5.41, 5.74) is -0.281. The van der Waals surface area contributed by atoms with Crippen LogP contribution >= 0.6 is 11.6 Å². The largest absolute Gasteiger partial charge is 0.495 e. The lowest BCUT2D eigenvalue weighted by Crippen LogP contribution is -2.40. The highest BCUT2D eigenvalue weighted by molar-refractivity contribution is 7.89. The molecule has 0 unspecified atom stereocenters. The van der Waals surface area contributed by atoms with E-state index < -0.39 is 34.0 Å². The van der Waals surface area contributed by atoms with Gasteiger partial charge in [-0.05, 0) is 63.2 Å². The number of halogens is 1. The quantitative estimate of drug-likeness (QED) is 0.621. The van der Waals surface area contributed by atoms with E-state index >= 15 is 0 Å². The van der Waals surface area contributed by atoms with E-state index in [4.69, 9.17) is 21.1 Å². The molecule has 2 aromatic carbocycles. The summed E-state index contributed by atoms with van der Waals surface area (Å²) in [6, 6.07) is 10.3. The lowest BCUT2D eigenvalue weighted by Gasteiger charge is -2.21. The van der Waals surface area contributed by atoms with Crippen LogP contribution in [0.2, 0.25) is 5.02 Å². The van der Waals surface area contributed by atoms with Crippen LogP contribution < -0.4 is 14.8 Å². The lowest BCUT2D eigenvalue weighted by atomic mass is 10.1. The molecule has 30 heavy (non-hydrogen) atoms. The van der Waals surface area contributed by atoms with Crippen LogP contribution in [0.4, 0.5) is 5.69 Å². The number of amides is 1. The number of hydrogen-bond donors (Lipinski definition) is 2. The Morgan fingerprint density at radius 2 is 1.70 bits per heavy atom.